The number of ether oxygens (including phenoxy) is 1. The number of amides is 2. The van der Waals surface area contributed by atoms with Gasteiger partial charge in [0.1, 0.15) is 6.23 Å². The number of nitrogens with zero attached hydrogens (tertiary/aromatic N) is 2. The molecule has 1 aromatic heterocycles. The molecule has 0 aliphatic carbocycles. The first-order valence-electron chi connectivity index (χ1n) is 8.62. The van der Waals surface area contributed by atoms with E-state index in [1.165, 1.54) is 16.4 Å². The van der Waals surface area contributed by atoms with Crippen LogP contribution in [0.5, 0.6) is 0 Å². The van der Waals surface area contributed by atoms with E-state index in [-0.39, 0.29) is 31.1 Å². The summed E-state index contributed by atoms with van der Waals surface area (Å²) >= 11 is 0. The van der Waals surface area contributed by atoms with Gasteiger partial charge in [-0.1, -0.05) is 18.2 Å². The smallest absolute Gasteiger partial charge is 0.309 e. The Labute approximate surface area is 162 Å². The SMILES string of the molecule is O=C(NCc1ccncc1)C(=O)NC[C@@H]1OCCN1S(=O)(=O)c1ccccc1. The molecule has 2 heterocycles. The second-order valence-corrected chi connectivity index (χ2v) is 7.89. The number of carbonyl (C=O) groups is 2. The van der Waals surface area contributed by atoms with Crippen LogP contribution >= 0.6 is 0 Å². The minimum atomic E-state index is -3.75. The molecule has 1 aliphatic heterocycles. The molecule has 9 nitrogen and oxygen atoms in total. The zero-order chi connectivity index (χ0) is 20.0. The van der Waals surface area contributed by atoms with Crippen LogP contribution in [0.15, 0.2) is 59.8 Å². The second-order valence-electron chi connectivity index (χ2n) is 6.00. The molecule has 2 amide bonds. The number of hydrogen-bond donors (Lipinski definition) is 2. The lowest BCUT2D eigenvalue weighted by Crippen LogP contribution is -2.47. The zero-order valence-corrected chi connectivity index (χ0v) is 15.8. The third kappa shape index (κ3) is 4.71. The highest BCUT2D eigenvalue weighted by atomic mass is 32.2. The number of pyridine rings is 1. The number of sulfonamides is 1. The van der Waals surface area contributed by atoms with E-state index >= 15 is 0 Å². The van der Waals surface area contributed by atoms with Crippen LogP contribution in [0.25, 0.3) is 0 Å². The number of aromatic nitrogens is 1. The molecular formula is C18H20N4O5S. The highest BCUT2D eigenvalue weighted by molar-refractivity contribution is 7.89. The van der Waals surface area contributed by atoms with Gasteiger partial charge in [0.2, 0.25) is 10.0 Å². The van der Waals surface area contributed by atoms with Crippen LogP contribution < -0.4 is 10.6 Å². The fourth-order valence-electron chi connectivity index (χ4n) is 2.69. The van der Waals surface area contributed by atoms with Crippen LogP contribution in [-0.2, 0) is 30.9 Å². The van der Waals surface area contributed by atoms with Crippen LogP contribution in [0.2, 0.25) is 0 Å². The summed E-state index contributed by atoms with van der Waals surface area (Å²) in [5, 5.41) is 4.91. The van der Waals surface area contributed by atoms with Crippen molar-refractivity contribution in [2.45, 2.75) is 17.7 Å². The fraction of sp³-hybridized carbons (Fsp3) is 0.278. The minimum Gasteiger partial charge on any atom is -0.359 e. The monoisotopic (exact) mass is 404 g/mol. The van der Waals surface area contributed by atoms with Gasteiger partial charge in [-0.2, -0.15) is 4.31 Å². The van der Waals surface area contributed by atoms with Crippen molar-refractivity contribution in [2.24, 2.45) is 0 Å². The molecule has 0 spiro atoms. The van der Waals surface area contributed by atoms with E-state index < -0.39 is 28.1 Å². The quantitative estimate of drug-likeness (QED) is 0.647. The molecule has 1 fully saturated rings. The van der Waals surface area contributed by atoms with Gasteiger partial charge in [-0.25, -0.2) is 8.42 Å². The van der Waals surface area contributed by atoms with Gasteiger partial charge in [0.05, 0.1) is 18.0 Å². The molecule has 0 unspecified atom stereocenters. The lowest BCUT2D eigenvalue weighted by Gasteiger charge is -2.22. The summed E-state index contributed by atoms with van der Waals surface area (Å²) < 4.78 is 32.1. The molecule has 0 radical (unpaired) electrons. The van der Waals surface area contributed by atoms with Crippen molar-refractivity contribution < 1.29 is 22.7 Å². The van der Waals surface area contributed by atoms with E-state index in [1.807, 2.05) is 0 Å². The molecule has 1 saturated heterocycles. The predicted octanol–water partition coefficient (Wildman–Crippen LogP) is -0.139. The Bertz CT molecular complexity index is 922. The topological polar surface area (TPSA) is 118 Å². The Kier molecular flexibility index (Phi) is 6.34. The molecule has 0 saturated carbocycles. The first kappa shape index (κ1) is 19.9. The molecule has 148 valence electrons. The van der Waals surface area contributed by atoms with Crippen LogP contribution in [0.4, 0.5) is 0 Å². The van der Waals surface area contributed by atoms with Gasteiger partial charge >= 0.3 is 11.8 Å². The minimum absolute atomic E-state index is 0.131. The molecule has 2 aromatic rings. The lowest BCUT2D eigenvalue weighted by molar-refractivity contribution is -0.139. The summed E-state index contributed by atoms with van der Waals surface area (Å²) in [6, 6.07) is 11.4. The molecule has 1 atom stereocenters. The number of carbonyl (C=O) groups excluding carboxylic acids is 2. The van der Waals surface area contributed by atoms with Crippen molar-refractivity contribution in [3.8, 4) is 0 Å². The largest absolute Gasteiger partial charge is 0.359 e. The van der Waals surface area contributed by atoms with Crippen LogP contribution in [0.1, 0.15) is 5.56 Å². The van der Waals surface area contributed by atoms with Gasteiger partial charge in [-0.3, -0.25) is 14.6 Å². The van der Waals surface area contributed by atoms with E-state index in [0.29, 0.717) is 0 Å². The molecule has 28 heavy (non-hydrogen) atoms. The van der Waals surface area contributed by atoms with Crippen molar-refractivity contribution in [1.82, 2.24) is 19.9 Å². The molecule has 1 aliphatic rings. The third-order valence-electron chi connectivity index (χ3n) is 4.14. The number of hydrogen-bond acceptors (Lipinski definition) is 6. The van der Waals surface area contributed by atoms with E-state index in [9.17, 15) is 18.0 Å². The number of nitrogens with one attached hydrogen (secondary N) is 2. The van der Waals surface area contributed by atoms with Gasteiger partial charge in [0, 0.05) is 25.5 Å². The van der Waals surface area contributed by atoms with Gasteiger partial charge in [0.15, 0.2) is 0 Å². The predicted molar refractivity (Wildman–Crippen MR) is 99.2 cm³/mol. The molecule has 3 rings (SSSR count). The summed E-state index contributed by atoms with van der Waals surface area (Å²) in [7, 11) is -3.75. The van der Waals surface area contributed by atoms with Crippen LogP contribution in [0.3, 0.4) is 0 Å². The molecule has 2 N–H and O–H groups in total. The summed E-state index contributed by atoms with van der Waals surface area (Å²) in [5.74, 6) is -1.67. The maximum Gasteiger partial charge on any atom is 0.309 e. The van der Waals surface area contributed by atoms with E-state index in [1.54, 1.807) is 42.7 Å². The standard InChI is InChI=1S/C18H20N4O5S/c23-17(20-12-14-6-8-19-9-7-14)18(24)21-13-16-22(10-11-27-16)28(25,26)15-4-2-1-3-5-15/h1-9,16H,10-13H2,(H,20,23)(H,21,24)/t16-/m0/s1. The maximum absolute atomic E-state index is 12.7. The van der Waals surface area contributed by atoms with Crippen molar-refractivity contribution >= 4 is 21.8 Å². The maximum atomic E-state index is 12.7. The Morgan fingerprint density at radius 1 is 1.07 bits per heavy atom. The van der Waals surface area contributed by atoms with E-state index in [0.717, 1.165) is 5.56 Å². The Morgan fingerprint density at radius 3 is 2.46 bits per heavy atom. The second kappa shape index (κ2) is 8.91. The summed E-state index contributed by atoms with van der Waals surface area (Å²) in [6.07, 6.45) is 2.30. The first-order chi connectivity index (χ1) is 13.5. The van der Waals surface area contributed by atoms with Crippen molar-refractivity contribution in [2.75, 3.05) is 19.7 Å². The van der Waals surface area contributed by atoms with Gasteiger partial charge in [0.25, 0.3) is 0 Å². The summed E-state index contributed by atoms with van der Waals surface area (Å²) in [4.78, 5) is 27.9. The van der Waals surface area contributed by atoms with Crippen molar-refractivity contribution in [3.63, 3.8) is 0 Å². The van der Waals surface area contributed by atoms with Crippen molar-refractivity contribution in [1.29, 1.82) is 0 Å². The Morgan fingerprint density at radius 2 is 1.75 bits per heavy atom. The Hall–Kier alpha value is -2.82. The third-order valence-corrected chi connectivity index (χ3v) is 6.04. The van der Waals surface area contributed by atoms with Gasteiger partial charge in [-0.15, -0.1) is 0 Å². The summed E-state index contributed by atoms with van der Waals surface area (Å²) in [6.45, 7) is 0.434. The zero-order valence-electron chi connectivity index (χ0n) is 14.9. The average molecular weight is 404 g/mol. The average Bonchev–Trinajstić information content (AvgIpc) is 3.21. The molecule has 0 bridgehead atoms. The fourth-order valence-corrected chi connectivity index (χ4v) is 4.22. The number of rotatable bonds is 6. The van der Waals surface area contributed by atoms with Gasteiger partial charge < -0.3 is 15.4 Å². The normalized spacial score (nSPS) is 17.2. The summed E-state index contributed by atoms with van der Waals surface area (Å²) in [5.41, 5.74) is 0.801. The Balaban J connectivity index is 1.54. The molecule has 1 aromatic carbocycles. The highest BCUT2D eigenvalue weighted by Crippen LogP contribution is 2.21. The number of benzene rings is 1. The molecule has 10 heteroatoms. The lowest BCUT2D eigenvalue weighted by atomic mass is 10.3. The van der Waals surface area contributed by atoms with E-state index in [4.69, 9.17) is 4.74 Å². The first-order valence-corrected chi connectivity index (χ1v) is 10.1. The van der Waals surface area contributed by atoms with Crippen LogP contribution in [-0.4, -0.2) is 55.4 Å². The highest BCUT2D eigenvalue weighted by Gasteiger charge is 2.36. The van der Waals surface area contributed by atoms with Crippen molar-refractivity contribution in [3.05, 3.63) is 60.4 Å². The van der Waals surface area contributed by atoms with Gasteiger partial charge in [-0.05, 0) is 29.8 Å². The van der Waals surface area contributed by atoms with Crippen LogP contribution in [0, 0.1) is 0 Å². The molecular weight excluding hydrogens is 384 g/mol. The van der Waals surface area contributed by atoms with E-state index in [2.05, 4.69) is 15.6 Å².